The Morgan fingerprint density at radius 3 is 2.35 bits per heavy atom. The number of benzene rings is 2. The quantitative estimate of drug-likeness (QED) is 0.834. The van der Waals surface area contributed by atoms with Gasteiger partial charge in [-0.05, 0) is 67.6 Å². The Hall–Kier alpha value is -0.640. The fourth-order valence-electron chi connectivity index (χ4n) is 1.76. The summed E-state index contributed by atoms with van der Waals surface area (Å²) in [6, 6.07) is 13.7. The van der Waals surface area contributed by atoms with Crippen LogP contribution in [0, 0.1) is 6.92 Å². The first kappa shape index (κ1) is 12.8. The second kappa shape index (κ2) is 5.34. The molecule has 1 atom stereocenters. The molecule has 0 aromatic heterocycles. The van der Waals surface area contributed by atoms with Crippen molar-refractivity contribution in [2.24, 2.45) is 0 Å². The van der Waals surface area contributed by atoms with Crippen molar-refractivity contribution in [1.29, 1.82) is 0 Å². The minimum Gasteiger partial charge on any atom is -0.384 e. The van der Waals surface area contributed by atoms with Crippen LogP contribution in [-0.2, 0) is 0 Å². The summed E-state index contributed by atoms with van der Waals surface area (Å²) in [7, 11) is 0. The molecule has 17 heavy (non-hydrogen) atoms. The molecule has 0 fully saturated rings. The molecule has 0 heterocycles. The summed E-state index contributed by atoms with van der Waals surface area (Å²) in [6.45, 7) is 2.01. The van der Waals surface area contributed by atoms with E-state index in [4.69, 9.17) is 0 Å². The number of hydrogen-bond acceptors (Lipinski definition) is 1. The van der Waals surface area contributed by atoms with Gasteiger partial charge in [0.1, 0.15) is 6.10 Å². The van der Waals surface area contributed by atoms with E-state index < -0.39 is 6.10 Å². The van der Waals surface area contributed by atoms with Gasteiger partial charge in [-0.1, -0.05) is 30.3 Å². The third-order valence-electron chi connectivity index (χ3n) is 2.74. The van der Waals surface area contributed by atoms with E-state index in [2.05, 4.69) is 31.9 Å². The number of aryl methyl sites for hydroxylation is 1. The highest BCUT2D eigenvalue weighted by molar-refractivity contribution is 9.13. The monoisotopic (exact) mass is 354 g/mol. The van der Waals surface area contributed by atoms with Gasteiger partial charge in [-0.15, -0.1) is 0 Å². The molecule has 0 aliphatic heterocycles. The third-order valence-corrected chi connectivity index (χ3v) is 4.62. The molecule has 88 valence electrons. The summed E-state index contributed by atoms with van der Waals surface area (Å²) in [4.78, 5) is 0. The van der Waals surface area contributed by atoms with Crippen molar-refractivity contribution in [2.45, 2.75) is 13.0 Å². The normalized spacial score (nSPS) is 12.5. The van der Waals surface area contributed by atoms with Crippen LogP contribution in [0.2, 0.25) is 0 Å². The molecule has 3 heteroatoms. The molecule has 2 aromatic rings. The maximum Gasteiger partial charge on any atom is 0.104 e. The van der Waals surface area contributed by atoms with E-state index >= 15 is 0 Å². The summed E-state index contributed by atoms with van der Waals surface area (Å²) in [5.74, 6) is 0. The van der Waals surface area contributed by atoms with Crippen LogP contribution in [0.3, 0.4) is 0 Å². The smallest absolute Gasteiger partial charge is 0.104 e. The molecule has 0 radical (unpaired) electrons. The fourth-order valence-corrected chi connectivity index (χ4v) is 2.40. The van der Waals surface area contributed by atoms with E-state index in [0.29, 0.717) is 0 Å². The van der Waals surface area contributed by atoms with Gasteiger partial charge in [0, 0.05) is 8.95 Å². The van der Waals surface area contributed by atoms with Crippen LogP contribution in [-0.4, -0.2) is 5.11 Å². The van der Waals surface area contributed by atoms with E-state index in [0.717, 1.165) is 25.6 Å². The summed E-state index contributed by atoms with van der Waals surface area (Å²) in [5, 5.41) is 10.4. The van der Waals surface area contributed by atoms with E-state index in [1.54, 1.807) is 0 Å². The largest absolute Gasteiger partial charge is 0.384 e. The summed E-state index contributed by atoms with van der Waals surface area (Å²) >= 11 is 6.87. The topological polar surface area (TPSA) is 20.2 Å². The number of hydrogen-bond donors (Lipinski definition) is 1. The van der Waals surface area contributed by atoms with Crippen LogP contribution in [0.25, 0.3) is 0 Å². The number of aliphatic hydroxyl groups is 1. The van der Waals surface area contributed by atoms with Gasteiger partial charge in [-0.2, -0.15) is 0 Å². The molecule has 0 saturated heterocycles. The van der Waals surface area contributed by atoms with E-state index in [9.17, 15) is 5.11 Å². The van der Waals surface area contributed by atoms with Crippen molar-refractivity contribution < 1.29 is 5.11 Å². The molecule has 0 spiro atoms. The number of rotatable bonds is 2. The minimum absolute atomic E-state index is 0.583. The molecule has 0 aliphatic carbocycles. The molecule has 0 bridgehead atoms. The molecule has 1 unspecified atom stereocenters. The lowest BCUT2D eigenvalue weighted by Gasteiger charge is -2.14. The molecule has 0 amide bonds. The number of aliphatic hydroxyl groups excluding tert-OH is 1. The zero-order valence-electron chi connectivity index (χ0n) is 9.32. The van der Waals surface area contributed by atoms with Crippen LogP contribution in [0.5, 0.6) is 0 Å². The van der Waals surface area contributed by atoms with Crippen molar-refractivity contribution in [3.63, 3.8) is 0 Å². The van der Waals surface area contributed by atoms with Gasteiger partial charge < -0.3 is 5.11 Å². The van der Waals surface area contributed by atoms with Gasteiger partial charge in [0.05, 0.1) is 0 Å². The van der Waals surface area contributed by atoms with Crippen molar-refractivity contribution in [2.75, 3.05) is 0 Å². The molecule has 1 N–H and O–H groups in total. The minimum atomic E-state index is -0.583. The summed E-state index contributed by atoms with van der Waals surface area (Å²) in [6.07, 6.45) is -0.583. The first-order chi connectivity index (χ1) is 8.09. The molecule has 0 aliphatic rings. The second-order valence-electron chi connectivity index (χ2n) is 3.93. The van der Waals surface area contributed by atoms with Gasteiger partial charge >= 0.3 is 0 Å². The predicted molar refractivity (Wildman–Crippen MR) is 77.1 cm³/mol. The van der Waals surface area contributed by atoms with Gasteiger partial charge in [0.15, 0.2) is 0 Å². The van der Waals surface area contributed by atoms with E-state index in [1.807, 2.05) is 49.4 Å². The Bertz CT molecular complexity index is 537. The first-order valence-electron chi connectivity index (χ1n) is 5.28. The lowest BCUT2D eigenvalue weighted by Crippen LogP contribution is -2.01. The lowest BCUT2D eigenvalue weighted by atomic mass is 9.98. The van der Waals surface area contributed by atoms with Crippen LogP contribution in [0.1, 0.15) is 22.8 Å². The van der Waals surface area contributed by atoms with Crippen molar-refractivity contribution in [3.8, 4) is 0 Å². The summed E-state index contributed by atoms with van der Waals surface area (Å²) < 4.78 is 1.93. The fraction of sp³-hybridized carbons (Fsp3) is 0.143. The van der Waals surface area contributed by atoms with Crippen LogP contribution in [0.4, 0.5) is 0 Å². The predicted octanol–water partition coefficient (Wildman–Crippen LogP) is 4.60. The van der Waals surface area contributed by atoms with E-state index in [-0.39, 0.29) is 0 Å². The molecular formula is C14H12Br2O. The lowest BCUT2D eigenvalue weighted by molar-refractivity contribution is 0.219. The molecule has 0 saturated carbocycles. The SMILES string of the molecule is Cc1ccccc1C(O)c1ccc(Br)c(Br)c1. The van der Waals surface area contributed by atoms with E-state index in [1.165, 1.54) is 0 Å². The van der Waals surface area contributed by atoms with Crippen molar-refractivity contribution >= 4 is 31.9 Å². The maximum atomic E-state index is 10.4. The Labute approximate surface area is 118 Å². The standard InChI is InChI=1S/C14H12Br2O/c1-9-4-2-3-5-11(9)14(17)10-6-7-12(15)13(16)8-10/h2-8,14,17H,1H3. The Balaban J connectivity index is 2.40. The van der Waals surface area contributed by atoms with Crippen LogP contribution < -0.4 is 0 Å². The zero-order valence-corrected chi connectivity index (χ0v) is 12.5. The third kappa shape index (κ3) is 2.79. The Morgan fingerprint density at radius 1 is 1.00 bits per heavy atom. The highest BCUT2D eigenvalue weighted by Crippen LogP contribution is 2.30. The van der Waals surface area contributed by atoms with Gasteiger partial charge in [-0.3, -0.25) is 0 Å². The van der Waals surface area contributed by atoms with Crippen molar-refractivity contribution in [3.05, 3.63) is 68.1 Å². The zero-order chi connectivity index (χ0) is 12.4. The molecule has 1 nitrogen and oxygen atoms in total. The Morgan fingerprint density at radius 2 is 1.71 bits per heavy atom. The first-order valence-corrected chi connectivity index (χ1v) is 6.86. The molecule has 2 rings (SSSR count). The molecule has 2 aromatic carbocycles. The number of halogens is 2. The average molecular weight is 356 g/mol. The second-order valence-corrected chi connectivity index (χ2v) is 5.64. The van der Waals surface area contributed by atoms with Crippen LogP contribution >= 0.6 is 31.9 Å². The highest BCUT2D eigenvalue weighted by Gasteiger charge is 2.13. The Kier molecular flexibility index (Phi) is 4.02. The average Bonchev–Trinajstić information content (AvgIpc) is 2.32. The highest BCUT2D eigenvalue weighted by atomic mass is 79.9. The van der Waals surface area contributed by atoms with Gasteiger partial charge in [0.2, 0.25) is 0 Å². The van der Waals surface area contributed by atoms with Gasteiger partial charge in [-0.25, -0.2) is 0 Å². The maximum absolute atomic E-state index is 10.4. The van der Waals surface area contributed by atoms with Crippen molar-refractivity contribution in [1.82, 2.24) is 0 Å². The van der Waals surface area contributed by atoms with Gasteiger partial charge in [0.25, 0.3) is 0 Å². The molecular weight excluding hydrogens is 344 g/mol. The van der Waals surface area contributed by atoms with Crippen LogP contribution in [0.15, 0.2) is 51.4 Å². The summed E-state index contributed by atoms with van der Waals surface area (Å²) in [5.41, 5.74) is 2.93.